The van der Waals surface area contributed by atoms with Crippen molar-refractivity contribution in [2.75, 3.05) is 21.3 Å². The van der Waals surface area contributed by atoms with Crippen LogP contribution in [-0.2, 0) is 11.3 Å². The van der Waals surface area contributed by atoms with E-state index in [-0.39, 0.29) is 11.5 Å². The first-order chi connectivity index (χ1) is 11.6. The molecule has 1 aromatic heterocycles. The highest BCUT2D eigenvalue weighted by Crippen LogP contribution is 2.31. The van der Waals surface area contributed by atoms with Crippen molar-refractivity contribution in [3.8, 4) is 22.8 Å². The molecule has 0 aliphatic rings. The third-order valence-corrected chi connectivity index (χ3v) is 3.60. The maximum absolute atomic E-state index is 11.9. The van der Waals surface area contributed by atoms with Gasteiger partial charge in [-0.15, -0.1) is 0 Å². The van der Waals surface area contributed by atoms with Gasteiger partial charge in [0.15, 0.2) is 11.5 Å². The van der Waals surface area contributed by atoms with Crippen molar-refractivity contribution in [3.05, 3.63) is 40.7 Å². The average Bonchev–Trinajstić information content (AvgIpc) is 2.62. The van der Waals surface area contributed by atoms with Crippen molar-refractivity contribution in [1.82, 2.24) is 15.1 Å². The Morgan fingerprint density at radius 2 is 1.92 bits per heavy atom. The first-order valence-electron chi connectivity index (χ1n) is 7.60. The molecule has 7 nitrogen and oxygen atoms in total. The highest BCUT2D eigenvalue weighted by Gasteiger charge is 2.09. The summed E-state index contributed by atoms with van der Waals surface area (Å²) in [6.45, 7) is 0.382. The molecule has 0 aliphatic carbocycles. The van der Waals surface area contributed by atoms with E-state index in [1.54, 1.807) is 39.5 Å². The summed E-state index contributed by atoms with van der Waals surface area (Å²) in [4.78, 5) is 23.2. The molecule has 0 spiro atoms. The standard InChI is InChI=1S/C17H21N3O4/c1-18-16(21)5-4-10-20-17(22)9-7-13(19-20)12-6-8-14(23-2)15(11-12)24-3/h6-9,11H,4-5,10H2,1-3H3,(H,18,21). The summed E-state index contributed by atoms with van der Waals surface area (Å²) >= 11 is 0. The molecule has 0 fully saturated rings. The zero-order valence-electron chi connectivity index (χ0n) is 14.0. The molecule has 0 saturated heterocycles. The quantitative estimate of drug-likeness (QED) is 0.830. The Morgan fingerprint density at radius 1 is 1.17 bits per heavy atom. The Hall–Kier alpha value is -2.83. The van der Waals surface area contributed by atoms with Gasteiger partial charge in [0.2, 0.25) is 5.91 Å². The van der Waals surface area contributed by atoms with Gasteiger partial charge >= 0.3 is 0 Å². The third-order valence-electron chi connectivity index (χ3n) is 3.60. The van der Waals surface area contributed by atoms with Crippen molar-refractivity contribution in [2.24, 2.45) is 0 Å². The van der Waals surface area contributed by atoms with Gasteiger partial charge in [0.05, 0.1) is 19.9 Å². The van der Waals surface area contributed by atoms with E-state index >= 15 is 0 Å². The predicted octanol–water partition coefficient (Wildman–Crippen LogP) is 1.45. The molecule has 0 atom stereocenters. The number of benzene rings is 1. The molecule has 0 unspecified atom stereocenters. The summed E-state index contributed by atoms with van der Waals surface area (Å²) in [6, 6.07) is 8.58. The molecule has 0 saturated carbocycles. The monoisotopic (exact) mass is 331 g/mol. The van der Waals surface area contributed by atoms with Gasteiger partial charge in [0.1, 0.15) is 0 Å². The van der Waals surface area contributed by atoms with Gasteiger partial charge in [-0.2, -0.15) is 5.10 Å². The average molecular weight is 331 g/mol. The van der Waals surface area contributed by atoms with E-state index in [1.165, 1.54) is 10.7 Å². The number of aromatic nitrogens is 2. The molecule has 0 bridgehead atoms. The molecule has 0 aliphatic heterocycles. The summed E-state index contributed by atoms with van der Waals surface area (Å²) in [7, 11) is 4.72. The lowest BCUT2D eigenvalue weighted by Gasteiger charge is -2.10. The van der Waals surface area contributed by atoms with Gasteiger partial charge in [0.25, 0.3) is 5.56 Å². The van der Waals surface area contributed by atoms with Crippen molar-refractivity contribution < 1.29 is 14.3 Å². The van der Waals surface area contributed by atoms with Gasteiger partial charge in [-0.25, -0.2) is 4.68 Å². The highest BCUT2D eigenvalue weighted by molar-refractivity contribution is 5.75. The van der Waals surface area contributed by atoms with Crippen LogP contribution in [0.25, 0.3) is 11.3 Å². The number of amides is 1. The number of aryl methyl sites for hydroxylation is 1. The summed E-state index contributed by atoms with van der Waals surface area (Å²) in [5, 5.41) is 6.93. The maximum atomic E-state index is 11.9. The third kappa shape index (κ3) is 4.13. The van der Waals surface area contributed by atoms with E-state index < -0.39 is 0 Å². The Labute approximate surface area is 140 Å². The van der Waals surface area contributed by atoms with Crippen molar-refractivity contribution in [1.29, 1.82) is 0 Å². The van der Waals surface area contributed by atoms with Gasteiger partial charge in [0, 0.05) is 31.6 Å². The fraction of sp³-hybridized carbons (Fsp3) is 0.353. The molecule has 7 heteroatoms. The van der Waals surface area contributed by atoms with Crippen LogP contribution in [0.5, 0.6) is 11.5 Å². The number of carbonyl (C=O) groups excluding carboxylic acids is 1. The van der Waals surface area contributed by atoms with Gasteiger partial charge < -0.3 is 14.8 Å². The molecule has 128 valence electrons. The second kappa shape index (κ2) is 8.14. The molecule has 1 N–H and O–H groups in total. The fourth-order valence-corrected chi connectivity index (χ4v) is 2.27. The number of hydrogen-bond acceptors (Lipinski definition) is 5. The number of nitrogens with zero attached hydrogens (tertiary/aromatic N) is 2. The van der Waals surface area contributed by atoms with Crippen LogP contribution >= 0.6 is 0 Å². The summed E-state index contributed by atoms with van der Waals surface area (Å²) in [5.74, 6) is 1.16. The minimum absolute atomic E-state index is 0.0564. The highest BCUT2D eigenvalue weighted by atomic mass is 16.5. The molecule has 0 radical (unpaired) electrons. The Kier molecular flexibility index (Phi) is 5.95. The number of ether oxygens (including phenoxy) is 2. The van der Waals surface area contributed by atoms with E-state index in [9.17, 15) is 9.59 Å². The van der Waals surface area contributed by atoms with Crippen LogP contribution in [0.1, 0.15) is 12.8 Å². The second-order valence-electron chi connectivity index (χ2n) is 5.13. The molecule has 24 heavy (non-hydrogen) atoms. The molecule has 1 aromatic carbocycles. The lowest BCUT2D eigenvalue weighted by Crippen LogP contribution is -2.24. The molecular formula is C17H21N3O4. The summed E-state index contributed by atoms with van der Waals surface area (Å²) in [6.07, 6.45) is 0.896. The first kappa shape index (κ1) is 17.5. The lowest BCUT2D eigenvalue weighted by molar-refractivity contribution is -0.120. The van der Waals surface area contributed by atoms with Crippen LogP contribution in [0.15, 0.2) is 35.1 Å². The largest absolute Gasteiger partial charge is 0.493 e. The fourth-order valence-electron chi connectivity index (χ4n) is 2.27. The van der Waals surface area contributed by atoms with E-state index in [0.717, 1.165) is 5.56 Å². The van der Waals surface area contributed by atoms with E-state index in [2.05, 4.69) is 10.4 Å². The van der Waals surface area contributed by atoms with Crippen molar-refractivity contribution >= 4 is 5.91 Å². The number of carbonyl (C=O) groups is 1. The van der Waals surface area contributed by atoms with Gasteiger partial charge in [-0.1, -0.05) is 0 Å². The minimum atomic E-state index is -0.198. The van der Waals surface area contributed by atoms with Crippen LogP contribution in [-0.4, -0.2) is 37.0 Å². The molecule has 2 aromatic rings. The molecule has 1 heterocycles. The smallest absolute Gasteiger partial charge is 0.266 e. The molecular weight excluding hydrogens is 310 g/mol. The van der Waals surface area contributed by atoms with Crippen LogP contribution in [0.4, 0.5) is 0 Å². The molecule has 2 rings (SSSR count). The van der Waals surface area contributed by atoms with Crippen LogP contribution in [0.2, 0.25) is 0 Å². The van der Waals surface area contributed by atoms with Crippen LogP contribution in [0, 0.1) is 0 Å². The van der Waals surface area contributed by atoms with Crippen LogP contribution in [0.3, 0.4) is 0 Å². The normalized spacial score (nSPS) is 10.3. The maximum Gasteiger partial charge on any atom is 0.266 e. The Bertz CT molecular complexity index is 771. The SMILES string of the molecule is CNC(=O)CCCn1nc(-c2ccc(OC)c(OC)c2)ccc1=O. The number of hydrogen-bond donors (Lipinski definition) is 1. The zero-order chi connectivity index (χ0) is 17.5. The number of rotatable bonds is 7. The molecule has 1 amide bonds. The van der Waals surface area contributed by atoms with E-state index in [0.29, 0.717) is 36.6 Å². The Balaban J connectivity index is 2.24. The van der Waals surface area contributed by atoms with Crippen LogP contribution < -0.4 is 20.3 Å². The lowest BCUT2D eigenvalue weighted by atomic mass is 10.1. The summed E-state index contributed by atoms with van der Waals surface area (Å²) in [5.41, 5.74) is 1.26. The number of methoxy groups -OCH3 is 2. The van der Waals surface area contributed by atoms with Gasteiger partial charge in [-0.05, 0) is 30.7 Å². The van der Waals surface area contributed by atoms with E-state index in [1.807, 2.05) is 6.07 Å². The van der Waals surface area contributed by atoms with E-state index in [4.69, 9.17) is 9.47 Å². The first-order valence-corrected chi connectivity index (χ1v) is 7.60. The Morgan fingerprint density at radius 3 is 2.58 bits per heavy atom. The zero-order valence-corrected chi connectivity index (χ0v) is 14.0. The minimum Gasteiger partial charge on any atom is -0.493 e. The predicted molar refractivity (Wildman–Crippen MR) is 90.3 cm³/mol. The van der Waals surface area contributed by atoms with Crippen molar-refractivity contribution in [3.63, 3.8) is 0 Å². The summed E-state index contributed by atoms with van der Waals surface area (Å²) < 4.78 is 11.9. The van der Waals surface area contributed by atoms with Crippen molar-refractivity contribution in [2.45, 2.75) is 19.4 Å². The second-order valence-corrected chi connectivity index (χ2v) is 5.13. The topological polar surface area (TPSA) is 82.5 Å². The number of nitrogens with one attached hydrogen (secondary N) is 1. The van der Waals surface area contributed by atoms with Gasteiger partial charge in [-0.3, -0.25) is 9.59 Å².